The van der Waals surface area contributed by atoms with Crippen LogP contribution in [0.2, 0.25) is 0 Å². The Labute approximate surface area is 807 Å². The molecule has 30 rings (SSSR count). The first-order valence-corrected chi connectivity index (χ1v) is 48.4. The molecule has 8 aromatic heterocycles. The lowest BCUT2D eigenvalue weighted by Gasteiger charge is -2.24. The summed E-state index contributed by atoms with van der Waals surface area (Å²) in [5, 5.41) is 22.3. The molecule has 11 heteroatoms. The normalized spacial score (nSPS) is 12.4. The highest BCUT2D eigenvalue weighted by Crippen LogP contribution is 2.54. The first-order valence-electron chi connectivity index (χ1n) is 47.6. The van der Waals surface area contributed by atoms with E-state index < -0.39 is 0 Å². The van der Waals surface area contributed by atoms with Crippen molar-refractivity contribution in [2.75, 3.05) is 0 Å². The molecule has 1 aliphatic carbocycles. The second kappa shape index (κ2) is 32.0. The summed E-state index contributed by atoms with van der Waals surface area (Å²) in [4.78, 5) is 32.0. The summed E-state index contributed by atoms with van der Waals surface area (Å²) in [5.41, 5.74) is 29.2. The van der Waals surface area contributed by atoms with Crippen molar-refractivity contribution in [1.82, 2.24) is 43.6 Å². The summed E-state index contributed by atoms with van der Waals surface area (Å²) in [6.07, 6.45) is 0. The number of rotatable bonds is 9. The minimum absolute atomic E-state index is 0.116. The van der Waals surface area contributed by atoms with E-state index in [1.807, 2.05) is 29.5 Å². The topological polar surface area (TPSA) is 105 Å². The SMILES string of the molecule is CC1(C)c2ccccc2-c2cccc(-c3ccc4c(-c5ccccc5)nc(-n5c6ccccc6c6cc7ccccc7cc65)nc4c3)c21.c1ccc(-c2nc(-n3c4ccccc4c4cc5ccccc5cc43)nc3cc(-c4cccc5c4oc4ccccc45)ccc23)cc1.c1ccc(-c2nc(-n3c4ccccc4c4cc5ccccc5cc43)nc3cc(-c4cccc5c4sc4ccccc45)ccc23)cc1. The van der Waals surface area contributed by atoms with Crippen LogP contribution in [0, 0.1) is 0 Å². The van der Waals surface area contributed by atoms with Gasteiger partial charge in [0.1, 0.15) is 11.2 Å². The van der Waals surface area contributed by atoms with Gasteiger partial charge in [-0.3, -0.25) is 13.7 Å². The molecule has 0 amide bonds. The fourth-order valence-corrected chi connectivity index (χ4v) is 23.5. The van der Waals surface area contributed by atoms with Gasteiger partial charge in [0, 0.05) is 107 Å². The van der Waals surface area contributed by atoms with Gasteiger partial charge in [-0.05, 0) is 186 Å². The monoisotopic (exact) mass is 1800 g/mol. The van der Waals surface area contributed by atoms with Gasteiger partial charge in [0.05, 0.1) is 66.7 Å². The van der Waals surface area contributed by atoms with E-state index in [1.165, 1.54) is 118 Å². The third kappa shape index (κ3) is 12.9. The number of fused-ring (bicyclic) bond motifs is 24. The standard InChI is InChI=1S/C45H31N3.C42H25N3O.C42H25N3S/c1-45(2)38-21-10-8-17-33(38)35-20-12-19-32(42(35)45)31-23-24-36-39(26-31)46-44(47-43(36)28-13-4-3-5-14-28)48-40-22-11-9-18-34(40)37-25-29-15-6-7-16-30(29)27-41(37)48;2*1-2-11-26(12-3-1)40-34-22-21-29(30-17-10-18-33-32-16-7-9-20-39(32)46-41(30)33)24-36(34)43-42(44-40)45-37-19-8-6-15-31(37)35-23-27-13-4-5-14-28(27)25-38(35)45/h3-27H,1-2H3;2*1-25H. The number of thiophene rings is 1. The summed E-state index contributed by atoms with van der Waals surface area (Å²) in [5.74, 6) is 1.99. The van der Waals surface area contributed by atoms with Crippen LogP contribution in [0.1, 0.15) is 25.0 Å². The van der Waals surface area contributed by atoms with E-state index in [2.05, 4.69) is 464 Å². The Morgan fingerprint density at radius 1 is 0.221 bits per heavy atom. The number of para-hydroxylation sites is 5. The molecule has 0 saturated heterocycles. The largest absolute Gasteiger partial charge is 0.455 e. The van der Waals surface area contributed by atoms with Gasteiger partial charge in [-0.15, -0.1) is 11.3 Å². The molecule has 10 nitrogen and oxygen atoms in total. The van der Waals surface area contributed by atoms with Gasteiger partial charge in [-0.25, -0.2) is 29.9 Å². The van der Waals surface area contributed by atoms with E-state index in [0.29, 0.717) is 17.8 Å². The van der Waals surface area contributed by atoms with Gasteiger partial charge in [0.25, 0.3) is 0 Å². The molecule has 29 aromatic rings. The first kappa shape index (κ1) is 80.3. The minimum Gasteiger partial charge on any atom is -0.455 e. The average molecular weight is 1810 g/mol. The summed E-state index contributed by atoms with van der Waals surface area (Å²) < 4.78 is 15.7. The summed E-state index contributed by atoms with van der Waals surface area (Å²) in [7, 11) is 0. The molecule has 21 aromatic carbocycles. The Morgan fingerprint density at radius 2 is 0.564 bits per heavy atom. The predicted molar refractivity (Wildman–Crippen MR) is 584 cm³/mol. The molecule has 0 N–H and O–H groups in total. The van der Waals surface area contributed by atoms with Gasteiger partial charge < -0.3 is 4.42 Å². The Morgan fingerprint density at radius 3 is 1.04 bits per heavy atom. The number of furan rings is 1. The molecule has 0 spiro atoms. The number of aromatic nitrogens is 9. The van der Waals surface area contributed by atoms with Crippen LogP contribution in [-0.2, 0) is 5.41 Å². The van der Waals surface area contributed by atoms with Crippen molar-refractivity contribution in [3.05, 3.63) is 466 Å². The predicted octanol–water partition coefficient (Wildman–Crippen LogP) is 34.2. The molecule has 140 heavy (non-hydrogen) atoms. The number of hydrogen-bond donors (Lipinski definition) is 0. The van der Waals surface area contributed by atoms with Crippen molar-refractivity contribution in [3.63, 3.8) is 0 Å². The molecule has 0 saturated carbocycles. The average Bonchev–Trinajstić information content (AvgIpc) is 1.65. The summed E-state index contributed by atoms with van der Waals surface area (Å²) in [6.45, 7) is 4.70. The van der Waals surface area contributed by atoms with Crippen molar-refractivity contribution >= 4 is 184 Å². The van der Waals surface area contributed by atoms with Crippen LogP contribution in [0.3, 0.4) is 0 Å². The lowest BCUT2D eigenvalue weighted by molar-refractivity contribution is 0.662. The maximum Gasteiger partial charge on any atom is 0.235 e. The van der Waals surface area contributed by atoms with Crippen molar-refractivity contribution in [2.45, 2.75) is 19.3 Å². The van der Waals surface area contributed by atoms with Crippen LogP contribution in [0.4, 0.5) is 0 Å². The number of nitrogens with zero attached hydrogens (tertiary/aromatic N) is 9. The van der Waals surface area contributed by atoms with Gasteiger partial charge in [-0.2, -0.15) is 0 Å². The van der Waals surface area contributed by atoms with Crippen molar-refractivity contribution in [1.29, 1.82) is 0 Å². The molecular formula is C129H81N9OS. The maximum absolute atomic E-state index is 6.42. The molecule has 0 atom stereocenters. The highest BCUT2D eigenvalue weighted by Gasteiger charge is 2.38. The van der Waals surface area contributed by atoms with E-state index in [9.17, 15) is 0 Å². The molecule has 1 aliphatic rings. The van der Waals surface area contributed by atoms with E-state index in [0.717, 1.165) is 144 Å². The fraction of sp³-hybridized carbons (Fsp3) is 0.0233. The van der Waals surface area contributed by atoms with Gasteiger partial charge in [0.2, 0.25) is 17.8 Å². The zero-order chi connectivity index (χ0) is 92.4. The second-order valence-corrected chi connectivity index (χ2v) is 38.1. The molecule has 0 fully saturated rings. The van der Waals surface area contributed by atoms with Gasteiger partial charge in [0.15, 0.2) is 0 Å². The van der Waals surface area contributed by atoms with E-state index in [-0.39, 0.29) is 5.41 Å². The van der Waals surface area contributed by atoms with Crippen molar-refractivity contribution in [2.24, 2.45) is 0 Å². The number of hydrogen-bond acceptors (Lipinski definition) is 8. The smallest absolute Gasteiger partial charge is 0.235 e. The first-order chi connectivity index (χ1) is 69.2. The molecule has 0 radical (unpaired) electrons. The summed E-state index contributed by atoms with van der Waals surface area (Å²) in [6, 6.07) is 162. The van der Waals surface area contributed by atoms with Crippen molar-refractivity contribution in [3.8, 4) is 96.1 Å². The Kier molecular flexibility index (Phi) is 18.4. The van der Waals surface area contributed by atoms with Gasteiger partial charge in [-0.1, -0.05) is 366 Å². The Bertz CT molecular complexity index is 9830. The van der Waals surface area contributed by atoms with Crippen LogP contribution < -0.4 is 0 Å². The van der Waals surface area contributed by atoms with Gasteiger partial charge >= 0.3 is 0 Å². The summed E-state index contributed by atoms with van der Waals surface area (Å²) >= 11 is 1.86. The third-order valence-electron chi connectivity index (χ3n) is 28.7. The zero-order valence-electron chi connectivity index (χ0n) is 76.1. The molecule has 8 heterocycles. The minimum atomic E-state index is -0.116. The highest BCUT2D eigenvalue weighted by atomic mass is 32.1. The van der Waals surface area contributed by atoms with Crippen LogP contribution in [0.5, 0.6) is 0 Å². The van der Waals surface area contributed by atoms with Crippen LogP contribution in [0.25, 0.3) is 269 Å². The quantitative estimate of drug-likeness (QED) is 0.142. The Hall–Kier alpha value is -18.2. The maximum atomic E-state index is 6.42. The molecule has 654 valence electrons. The Balaban J connectivity index is 0.000000103. The van der Waals surface area contributed by atoms with Crippen molar-refractivity contribution < 1.29 is 4.42 Å². The molecule has 0 unspecified atom stereocenters. The number of benzene rings is 21. The van der Waals surface area contributed by atoms with Crippen LogP contribution >= 0.6 is 11.3 Å². The van der Waals surface area contributed by atoms with E-state index in [1.54, 1.807) is 0 Å². The third-order valence-corrected chi connectivity index (χ3v) is 30.0. The van der Waals surface area contributed by atoms with E-state index in [4.69, 9.17) is 34.3 Å². The van der Waals surface area contributed by atoms with E-state index >= 15 is 0 Å². The lowest BCUT2D eigenvalue weighted by Crippen LogP contribution is -2.16. The molecule has 0 bridgehead atoms. The van der Waals surface area contributed by atoms with Crippen LogP contribution in [0.15, 0.2) is 459 Å². The highest BCUT2D eigenvalue weighted by molar-refractivity contribution is 7.26. The zero-order valence-corrected chi connectivity index (χ0v) is 77.0. The second-order valence-electron chi connectivity index (χ2n) is 37.1. The van der Waals surface area contributed by atoms with Crippen LogP contribution in [-0.4, -0.2) is 43.6 Å². The molecular weight excluding hydrogens is 1720 g/mol. The molecule has 0 aliphatic heterocycles. The lowest BCUT2D eigenvalue weighted by atomic mass is 9.79. The fourth-order valence-electron chi connectivity index (χ4n) is 22.3.